The van der Waals surface area contributed by atoms with E-state index in [4.69, 9.17) is 15.2 Å². The predicted octanol–water partition coefficient (Wildman–Crippen LogP) is 21.2. The maximum absolute atomic E-state index is 11.4. The van der Waals surface area contributed by atoms with E-state index in [9.17, 15) is 23.3 Å². The molecule has 0 amide bonds. The summed E-state index contributed by atoms with van der Waals surface area (Å²) in [4.78, 5) is 27.3. The SMILES string of the molecule is CBr.CC(C)(C)OC(=O)c1ccccc1.CC(C)(C)OC(=O)c1ccccc1.CCCC.CCCC.CCCC.CCCC.CP(C)(C)=O.CP(C)(C)=O.CP(C)(C)=O.Cc1ccc2cnc(CCc3ccccc3)nn12.NCc1ccccc1. The Morgan fingerprint density at radius 3 is 0.976 bits per heavy atom. The minimum Gasteiger partial charge on any atom is -0.456 e. The smallest absolute Gasteiger partial charge is 0.338 e. The van der Waals surface area contributed by atoms with Crippen molar-refractivity contribution in [3.8, 4) is 0 Å². The van der Waals surface area contributed by atoms with Crippen molar-refractivity contribution in [3.05, 3.63) is 173 Å². The number of unbranched alkanes of at least 4 members (excludes halogenated alkanes) is 4. The lowest BCUT2D eigenvalue weighted by molar-refractivity contribution is 0.00570. The van der Waals surface area contributed by atoms with E-state index in [1.165, 1.54) is 62.5 Å². The maximum Gasteiger partial charge on any atom is 0.338 e. The van der Waals surface area contributed by atoms with Crippen molar-refractivity contribution in [2.45, 2.75) is 186 Å². The normalized spacial score (nSPS) is 10.1. The van der Waals surface area contributed by atoms with Crippen LogP contribution in [0, 0.1) is 6.92 Å². The summed E-state index contributed by atoms with van der Waals surface area (Å²) in [6.07, 6.45) is 14.3. The highest BCUT2D eigenvalue weighted by molar-refractivity contribution is 9.08. The molecule has 0 spiro atoms. The van der Waals surface area contributed by atoms with Crippen LogP contribution < -0.4 is 5.73 Å². The molecule has 6 aromatic rings. The van der Waals surface area contributed by atoms with Gasteiger partial charge in [0.25, 0.3) is 0 Å². The molecule has 0 saturated heterocycles. The van der Waals surface area contributed by atoms with E-state index in [1.54, 1.807) is 84.2 Å². The van der Waals surface area contributed by atoms with E-state index in [0.717, 1.165) is 29.9 Å². The highest BCUT2D eigenvalue weighted by Crippen LogP contribution is 2.29. The van der Waals surface area contributed by atoms with Crippen LogP contribution >= 0.6 is 37.4 Å². The third-order valence-corrected chi connectivity index (χ3v) is 9.01. The van der Waals surface area contributed by atoms with Gasteiger partial charge in [0.15, 0.2) is 0 Å². The molecule has 0 aliphatic carbocycles. The van der Waals surface area contributed by atoms with Crippen molar-refractivity contribution in [2.24, 2.45) is 5.73 Å². The van der Waals surface area contributed by atoms with E-state index in [0.29, 0.717) is 17.7 Å². The fourth-order valence-electron chi connectivity index (χ4n) is 4.52. The van der Waals surface area contributed by atoms with E-state index in [1.807, 2.05) is 137 Å². The number of halogens is 1. The second kappa shape index (κ2) is 56.1. The lowest BCUT2D eigenvalue weighted by Gasteiger charge is -2.19. The first-order chi connectivity index (χ1) is 39.4. The molecule has 0 fully saturated rings. The number of aromatic nitrogens is 3. The fourth-order valence-corrected chi connectivity index (χ4v) is 4.52. The highest BCUT2D eigenvalue weighted by atomic mass is 79.9. The molecule has 2 heterocycles. The molecule has 85 heavy (non-hydrogen) atoms. The predicted molar refractivity (Wildman–Crippen MR) is 382 cm³/mol. The van der Waals surface area contributed by atoms with Gasteiger partial charge < -0.3 is 28.9 Å². The highest BCUT2D eigenvalue weighted by Gasteiger charge is 2.18. The zero-order chi connectivity index (χ0) is 67.1. The number of nitrogens with two attached hydrogens (primary N) is 1. The van der Waals surface area contributed by atoms with Crippen LogP contribution in [0.15, 0.2) is 140 Å². The van der Waals surface area contributed by atoms with Crippen LogP contribution in [-0.2, 0) is 42.6 Å². The van der Waals surface area contributed by atoms with Crippen molar-refractivity contribution in [3.63, 3.8) is 0 Å². The molecule has 0 bridgehead atoms. The summed E-state index contributed by atoms with van der Waals surface area (Å²) in [5.74, 6) is 2.17. The van der Waals surface area contributed by atoms with Crippen molar-refractivity contribution < 1.29 is 32.8 Å². The maximum atomic E-state index is 11.4. The average Bonchev–Trinajstić information content (AvgIpc) is 4.09. The van der Waals surface area contributed by atoms with Crippen molar-refractivity contribution in [1.29, 1.82) is 0 Å². The number of rotatable bonds is 10. The first-order valence-electron chi connectivity index (χ1n) is 30.0. The lowest BCUT2D eigenvalue weighted by atomic mass is 10.1. The Morgan fingerprint density at radius 2 is 0.729 bits per heavy atom. The van der Waals surface area contributed by atoms with Crippen molar-refractivity contribution in [2.75, 3.05) is 65.8 Å². The van der Waals surface area contributed by atoms with Gasteiger partial charge in [0, 0.05) is 18.7 Å². The zero-order valence-electron chi connectivity index (χ0n) is 58.1. The molecule has 15 heteroatoms. The molecule has 0 aliphatic heterocycles. The molecule has 6 rings (SSSR count). The van der Waals surface area contributed by atoms with Gasteiger partial charge in [0.2, 0.25) is 0 Å². The fraction of sp³-hybridized carbons (Fsp3) is 0.543. The van der Waals surface area contributed by atoms with Crippen molar-refractivity contribution >= 4 is 54.8 Å². The zero-order valence-corrected chi connectivity index (χ0v) is 62.3. The molecule has 4 aromatic carbocycles. The van der Waals surface area contributed by atoms with Crippen LogP contribution in [0.4, 0.5) is 0 Å². The molecule has 2 N–H and O–H groups in total. The summed E-state index contributed by atoms with van der Waals surface area (Å²) in [5, 5.41) is 4.56. The summed E-state index contributed by atoms with van der Waals surface area (Å²) in [6.45, 7) is 47.0. The number of benzene rings is 4. The van der Waals surface area contributed by atoms with Gasteiger partial charge in [-0.1, -0.05) is 220 Å². The summed E-state index contributed by atoms with van der Waals surface area (Å²) in [5.41, 5.74) is 10.4. The average molecular weight is 1300 g/mol. The number of hydrogen-bond donors (Lipinski definition) is 1. The molecule has 0 saturated carbocycles. The third kappa shape index (κ3) is 77.6. The Labute approximate surface area is 529 Å². The number of hydrogen-bond acceptors (Lipinski definition) is 10. The van der Waals surface area contributed by atoms with Gasteiger partial charge >= 0.3 is 11.9 Å². The number of alkyl halides is 1. The van der Waals surface area contributed by atoms with E-state index in [-0.39, 0.29) is 11.9 Å². The summed E-state index contributed by atoms with van der Waals surface area (Å²) in [6, 6.07) is 42.5. The van der Waals surface area contributed by atoms with E-state index < -0.39 is 32.6 Å². The van der Waals surface area contributed by atoms with Crippen LogP contribution in [0.2, 0.25) is 0 Å². The van der Waals surface area contributed by atoms with Gasteiger partial charge in [-0.3, -0.25) is 0 Å². The Bertz CT molecular complexity index is 2430. The monoisotopic (exact) mass is 1300 g/mol. The third-order valence-electron chi connectivity index (χ3n) is 9.01. The first-order valence-corrected chi connectivity index (χ1v) is 40.7. The number of aryl methyl sites for hydroxylation is 3. The van der Waals surface area contributed by atoms with Gasteiger partial charge in [0.05, 0.1) is 44.3 Å². The van der Waals surface area contributed by atoms with E-state index >= 15 is 0 Å². The van der Waals surface area contributed by atoms with Crippen LogP contribution in [0.25, 0.3) is 5.52 Å². The van der Waals surface area contributed by atoms with Crippen LogP contribution in [0.5, 0.6) is 0 Å². The molecule has 2 aromatic heterocycles. The molecule has 486 valence electrons. The largest absolute Gasteiger partial charge is 0.456 e. The van der Waals surface area contributed by atoms with Crippen molar-refractivity contribution in [1.82, 2.24) is 14.6 Å². The Balaban J connectivity index is -0.000000212. The number of carbonyl (C=O) groups is 2. The Hall–Kier alpha value is -4.43. The second-order valence-corrected chi connectivity index (χ2v) is 34.9. The van der Waals surface area contributed by atoms with Gasteiger partial charge in [-0.25, -0.2) is 19.1 Å². The summed E-state index contributed by atoms with van der Waals surface area (Å²) >= 11 is 2.94. The quantitative estimate of drug-likeness (QED) is 0.0794. The molecule has 0 radical (unpaired) electrons. The Kier molecular flexibility index (Phi) is 60.6. The van der Waals surface area contributed by atoms with Gasteiger partial charge in [-0.2, -0.15) is 5.10 Å². The van der Waals surface area contributed by atoms with Crippen LogP contribution in [0.3, 0.4) is 0 Å². The molecule has 11 nitrogen and oxygen atoms in total. The van der Waals surface area contributed by atoms with Gasteiger partial charge in [0.1, 0.15) is 17.0 Å². The number of esters is 2. The molecular weight excluding hydrogens is 1180 g/mol. The summed E-state index contributed by atoms with van der Waals surface area (Å²) in [7, 11) is -4.92. The van der Waals surface area contributed by atoms with Crippen LogP contribution in [0.1, 0.15) is 192 Å². The van der Waals surface area contributed by atoms with E-state index in [2.05, 4.69) is 119 Å². The lowest BCUT2D eigenvalue weighted by Crippen LogP contribution is -2.23. The Morgan fingerprint density at radius 1 is 0.459 bits per heavy atom. The van der Waals surface area contributed by atoms with Crippen LogP contribution in [-0.4, -0.2) is 104 Å². The molecular formula is C70H122BrN4O7P3. The standard InChI is InChI=1S/C15H15N3.2C11H14O2.C7H9N.4C4H10.3C3H9OP.CH3Br/c1-12-7-9-14-11-16-15(17-18(12)14)10-8-13-5-3-2-4-6-13;2*1-11(2,3)13-10(12)9-7-5-4-6-8-9;8-6-7-4-2-1-3-5-7;4*1-3-4-2;3*1-5(2,3)4;1-2/h2-7,9,11H,8,10H2,1H3;2*4-8H,1-3H3;1-5H,6,8H2;4*3-4H2,1-2H3;3*1-3H3;1H3. The molecule has 0 unspecified atom stereocenters. The summed E-state index contributed by atoms with van der Waals surface area (Å²) < 4.78 is 43.0. The number of fused-ring (bicyclic) bond motifs is 1. The number of carbonyl (C=O) groups excluding carboxylic acids is 2. The number of nitrogens with zero attached hydrogens (tertiary/aromatic N) is 3. The second-order valence-electron chi connectivity index (χ2n) is 23.6. The topological polar surface area (TPSA) is 160 Å². The van der Waals surface area contributed by atoms with Gasteiger partial charge in [-0.15, -0.1) is 0 Å². The van der Waals surface area contributed by atoms with Gasteiger partial charge in [-0.05, 0) is 168 Å². The number of ether oxygens (including phenoxy) is 2. The minimum atomic E-state index is -1.64. The molecule has 0 aliphatic rings. The first kappa shape index (κ1) is 91.7. The molecule has 0 atom stereocenters. The minimum absolute atomic E-state index is 0.270.